The third-order valence-electron chi connectivity index (χ3n) is 3.65. The van der Waals surface area contributed by atoms with Crippen molar-refractivity contribution in [3.8, 4) is 16.5 Å². The first-order chi connectivity index (χ1) is 11.2. The Morgan fingerprint density at radius 3 is 2.78 bits per heavy atom. The maximum absolute atomic E-state index is 5.25. The average molecular weight is 325 g/mol. The van der Waals surface area contributed by atoms with Crippen LogP contribution in [0.3, 0.4) is 0 Å². The van der Waals surface area contributed by atoms with Crippen molar-refractivity contribution in [1.29, 1.82) is 0 Å². The summed E-state index contributed by atoms with van der Waals surface area (Å²) in [6, 6.07) is 9.85. The zero-order valence-corrected chi connectivity index (χ0v) is 13.8. The maximum Gasteiger partial charge on any atom is 0.235 e. The summed E-state index contributed by atoms with van der Waals surface area (Å²) in [5, 5.41) is 14.9. The Balaban J connectivity index is 1.82. The minimum atomic E-state index is 0.275. The Bertz CT molecular complexity index is 1000. The van der Waals surface area contributed by atoms with Crippen LogP contribution in [0.25, 0.3) is 26.6 Å². The fourth-order valence-electron chi connectivity index (χ4n) is 2.45. The van der Waals surface area contributed by atoms with Crippen LogP contribution in [-0.2, 0) is 0 Å². The van der Waals surface area contributed by atoms with Gasteiger partial charge in [-0.15, -0.1) is 10.2 Å². The van der Waals surface area contributed by atoms with Crippen molar-refractivity contribution in [3.05, 3.63) is 36.2 Å². The number of rotatable bonds is 3. The van der Waals surface area contributed by atoms with E-state index in [9.17, 15) is 0 Å². The molecular weight excluding hydrogens is 310 g/mol. The molecule has 0 spiro atoms. The molecule has 1 aromatic carbocycles. The normalized spacial score (nSPS) is 11.7. The van der Waals surface area contributed by atoms with Crippen LogP contribution >= 0.6 is 11.3 Å². The zero-order chi connectivity index (χ0) is 16.0. The number of nitrogens with zero attached hydrogens (tertiary/aromatic N) is 5. The first-order valence-electron chi connectivity index (χ1n) is 7.33. The van der Waals surface area contributed by atoms with Crippen LogP contribution in [0.1, 0.15) is 25.6 Å². The number of ether oxygens (including phenoxy) is 1. The molecule has 0 aliphatic carbocycles. The smallest absolute Gasteiger partial charge is 0.235 e. The van der Waals surface area contributed by atoms with E-state index in [0.717, 1.165) is 38.1 Å². The van der Waals surface area contributed by atoms with Crippen molar-refractivity contribution in [2.45, 2.75) is 19.8 Å². The van der Waals surface area contributed by atoms with E-state index in [2.05, 4.69) is 29.1 Å². The van der Waals surface area contributed by atoms with Gasteiger partial charge in [0.25, 0.3) is 0 Å². The first kappa shape index (κ1) is 14.1. The summed E-state index contributed by atoms with van der Waals surface area (Å²) >= 11 is 1.50. The summed E-state index contributed by atoms with van der Waals surface area (Å²) < 4.78 is 7.06. The fourth-order valence-corrected chi connectivity index (χ4v) is 3.26. The minimum absolute atomic E-state index is 0.275. The average Bonchev–Trinajstić information content (AvgIpc) is 3.13. The highest BCUT2D eigenvalue weighted by Gasteiger charge is 2.16. The number of benzene rings is 1. The van der Waals surface area contributed by atoms with Crippen molar-refractivity contribution in [3.63, 3.8) is 0 Å². The van der Waals surface area contributed by atoms with Crippen molar-refractivity contribution in [1.82, 2.24) is 24.8 Å². The second-order valence-corrected chi connectivity index (χ2v) is 6.53. The van der Waals surface area contributed by atoms with E-state index in [0.29, 0.717) is 0 Å². The van der Waals surface area contributed by atoms with E-state index >= 15 is 0 Å². The maximum atomic E-state index is 5.25. The van der Waals surface area contributed by atoms with Crippen LogP contribution in [0.2, 0.25) is 0 Å². The van der Waals surface area contributed by atoms with Gasteiger partial charge in [0.15, 0.2) is 10.8 Å². The van der Waals surface area contributed by atoms with Crippen LogP contribution in [0.4, 0.5) is 0 Å². The van der Waals surface area contributed by atoms with Gasteiger partial charge in [-0.1, -0.05) is 31.3 Å². The SMILES string of the molecule is COc1ccc2nc(-c3nn4c(C(C)C)nnc4s3)ccc2c1. The molecule has 0 aliphatic heterocycles. The second-order valence-electron chi connectivity index (χ2n) is 5.57. The molecule has 0 bridgehead atoms. The second kappa shape index (κ2) is 5.27. The summed E-state index contributed by atoms with van der Waals surface area (Å²) in [5.74, 6) is 1.97. The summed E-state index contributed by atoms with van der Waals surface area (Å²) in [7, 11) is 1.66. The molecule has 7 heteroatoms. The molecule has 4 aromatic rings. The van der Waals surface area contributed by atoms with E-state index in [1.54, 1.807) is 7.11 Å². The van der Waals surface area contributed by atoms with E-state index in [1.807, 2.05) is 34.8 Å². The Morgan fingerprint density at radius 1 is 1.13 bits per heavy atom. The van der Waals surface area contributed by atoms with E-state index < -0.39 is 0 Å². The molecule has 6 nitrogen and oxygen atoms in total. The largest absolute Gasteiger partial charge is 0.497 e. The van der Waals surface area contributed by atoms with Crippen LogP contribution in [0.5, 0.6) is 5.75 Å². The van der Waals surface area contributed by atoms with Crippen LogP contribution in [0.15, 0.2) is 30.3 Å². The highest BCUT2D eigenvalue weighted by Crippen LogP contribution is 2.28. The summed E-state index contributed by atoms with van der Waals surface area (Å²) in [6.45, 7) is 4.16. The van der Waals surface area contributed by atoms with Crippen molar-refractivity contribution >= 4 is 27.2 Å². The molecule has 3 aromatic heterocycles. The predicted molar refractivity (Wildman–Crippen MR) is 90.0 cm³/mol. The molecule has 0 radical (unpaired) electrons. The van der Waals surface area contributed by atoms with Gasteiger partial charge in [0.05, 0.1) is 12.6 Å². The molecule has 3 heterocycles. The Labute approximate surface area is 136 Å². The van der Waals surface area contributed by atoms with Gasteiger partial charge in [-0.05, 0) is 24.3 Å². The quantitative estimate of drug-likeness (QED) is 0.576. The lowest BCUT2D eigenvalue weighted by atomic mass is 10.2. The van der Waals surface area contributed by atoms with Crippen LogP contribution < -0.4 is 4.74 Å². The number of pyridine rings is 1. The molecule has 0 N–H and O–H groups in total. The summed E-state index contributed by atoms with van der Waals surface area (Å²) in [5.41, 5.74) is 1.76. The fraction of sp³-hybridized carbons (Fsp3) is 0.250. The molecule has 116 valence electrons. The number of aromatic nitrogens is 5. The van der Waals surface area contributed by atoms with E-state index in [-0.39, 0.29) is 5.92 Å². The van der Waals surface area contributed by atoms with Gasteiger partial charge in [0, 0.05) is 11.3 Å². The van der Waals surface area contributed by atoms with Crippen molar-refractivity contribution in [2.24, 2.45) is 0 Å². The third kappa shape index (κ3) is 2.33. The van der Waals surface area contributed by atoms with Gasteiger partial charge < -0.3 is 4.74 Å². The number of hydrogen-bond donors (Lipinski definition) is 0. The van der Waals surface area contributed by atoms with Crippen molar-refractivity contribution < 1.29 is 4.74 Å². The Hall–Kier alpha value is -2.54. The predicted octanol–water partition coefficient (Wildman–Crippen LogP) is 3.53. The molecule has 0 unspecified atom stereocenters. The molecule has 23 heavy (non-hydrogen) atoms. The highest BCUT2D eigenvalue weighted by molar-refractivity contribution is 7.19. The van der Waals surface area contributed by atoms with Gasteiger partial charge in [-0.2, -0.15) is 9.61 Å². The minimum Gasteiger partial charge on any atom is -0.497 e. The Morgan fingerprint density at radius 2 is 2.00 bits per heavy atom. The molecule has 0 amide bonds. The molecule has 0 fully saturated rings. The lowest BCUT2D eigenvalue weighted by Crippen LogP contribution is -1.98. The van der Waals surface area contributed by atoms with Crippen LogP contribution in [0, 0.1) is 0 Å². The van der Waals surface area contributed by atoms with Gasteiger partial charge in [0.1, 0.15) is 11.4 Å². The number of hydrogen-bond acceptors (Lipinski definition) is 6. The lowest BCUT2D eigenvalue weighted by Gasteiger charge is -2.03. The molecule has 0 atom stereocenters. The van der Waals surface area contributed by atoms with Gasteiger partial charge >= 0.3 is 0 Å². The highest BCUT2D eigenvalue weighted by atomic mass is 32.1. The van der Waals surface area contributed by atoms with E-state index in [4.69, 9.17) is 9.72 Å². The molecule has 0 saturated heterocycles. The van der Waals surface area contributed by atoms with E-state index in [1.165, 1.54) is 11.3 Å². The third-order valence-corrected chi connectivity index (χ3v) is 4.57. The van der Waals surface area contributed by atoms with Gasteiger partial charge in [-0.3, -0.25) is 0 Å². The molecular formula is C16H15N5OS. The number of fused-ring (bicyclic) bond motifs is 2. The molecule has 0 aliphatic rings. The molecule has 0 saturated carbocycles. The van der Waals surface area contributed by atoms with Crippen molar-refractivity contribution in [2.75, 3.05) is 7.11 Å². The van der Waals surface area contributed by atoms with Crippen LogP contribution in [-0.4, -0.2) is 31.9 Å². The number of methoxy groups -OCH3 is 1. The van der Waals surface area contributed by atoms with Gasteiger partial charge in [0.2, 0.25) is 4.96 Å². The zero-order valence-electron chi connectivity index (χ0n) is 13.0. The van der Waals surface area contributed by atoms with Gasteiger partial charge in [-0.25, -0.2) is 4.98 Å². The summed E-state index contributed by atoms with van der Waals surface area (Å²) in [4.78, 5) is 5.49. The lowest BCUT2D eigenvalue weighted by molar-refractivity contribution is 0.415. The monoisotopic (exact) mass is 325 g/mol. The standard InChI is InChI=1S/C16H15N5OS/c1-9(2)14-18-19-16-21(14)20-15(23-16)13-6-4-10-8-11(22-3)5-7-12(10)17-13/h4-9H,1-3H3. The molecule has 4 rings (SSSR count). The topological polar surface area (TPSA) is 65.2 Å². The first-order valence-corrected chi connectivity index (χ1v) is 8.14. The Kier molecular flexibility index (Phi) is 3.23. The summed E-state index contributed by atoms with van der Waals surface area (Å²) in [6.07, 6.45) is 0.